The molecule has 1 unspecified atom stereocenters. The number of carbonyl (C=O) groups is 2. The van der Waals surface area contributed by atoms with Gasteiger partial charge in [-0.3, -0.25) is 4.79 Å². The van der Waals surface area contributed by atoms with Crippen molar-refractivity contribution >= 4 is 12.1 Å². The van der Waals surface area contributed by atoms with Crippen LogP contribution in [0.4, 0.5) is 4.79 Å². The first-order valence-electron chi connectivity index (χ1n) is 5.56. The molecule has 1 amide bonds. The van der Waals surface area contributed by atoms with E-state index in [4.69, 9.17) is 9.84 Å². The van der Waals surface area contributed by atoms with Crippen molar-refractivity contribution in [3.63, 3.8) is 0 Å². The van der Waals surface area contributed by atoms with Crippen LogP contribution in [-0.4, -0.2) is 29.3 Å². The topological polar surface area (TPSA) is 75.6 Å². The number of alkyl carbamates (subject to hydrolysis) is 1. The molecule has 17 heavy (non-hydrogen) atoms. The van der Waals surface area contributed by atoms with Gasteiger partial charge in [0.15, 0.2) is 0 Å². The van der Waals surface area contributed by atoms with Gasteiger partial charge in [0, 0.05) is 13.0 Å². The summed E-state index contributed by atoms with van der Waals surface area (Å²) >= 11 is 0. The summed E-state index contributed by atoms with van der Waals surface area (Å²) in [6, 6.07) is 0. The van der Waals surface area contributed by atoms with E-state index in [1.165, 1.54) is 0 Å². The maximum absolute atomic E-state index is 11.3. The van der Waals surface area contributed by atoms with Crippen LogP contribution < -0.4 is 5.32 Å². The third-order valence-electron chi connectivity index (χ3n) is 1.97. The Morgan fingerprint density at radius 1 is 1.47 bits per heavy atom. The molecule has 0 spiro atoms. The highest BCUT2D eigenvalue weighted by atomic mass is 16.6. The predicted molar refractivity (Wildman–Crippen MR) is 64.8 cm³/mol. The van der Waals surface area contributed by atoms with Gasteiger partial charge in [-0.15, -0.1) is 6.58 Å². The van der Waals surface area contributed by atoms with Crippen molar-refractivity contribution in [3.05, 3.63) is 12.7 Å². The van der Waals surface area contributed by atoms with E-state index in [-0.39, 0.29) is 12.3 Å². The van der Waals surface area contributed by atoms with Crippen LogP contribution in [0.3, 0.4) is 0 Å². The van der Waals surface area contributed by atoms with E-state index in [9.17, 15) is 9.59 Å². The minimum absolute atomic E-state index is 0.0568. The van der Waals surface area contributed by atoms with Gasteiger partial charge < -0.3 is 15.2 Å². The van der Waals surface area contributed by atoms with Gasteiger partial charge >= 0.3 is 12.1 Å². The van der Waals surface area contributed by atoms with Crippen LogP contribution in [0, 0.1) is 5.92 Å². The van der Waals surface area contributed by atoms with Crippen molar-refractivity contribution in [2.45, 2.75) is 39.2 Å². The van der Waals surface area contributed by atoms with Gasteiger partial charge in [-0.2, -0.15) is 0 Å². The normalized spacial score (nSPS) is 12.6. The molecule has 0 aliphatic rings. The lowest BCUT2D eigenvalue weighted by Crippen LogP contribution is -2.35. The predicted octanol–water partition coefficient (Wildman–Crippen LogP) is 2.18. The van der Waals surface area contributed by atoms with Gasteiger partial charge in [0.2, 0.25) is 0 Å². The number of amides is 1. The first kappa shape index (κ1) is 15.5. The zero-order valence-electron chi connectivity index (χ0n) is 10.7. The second-order valence-corrected chi connectivity index (χ2v) is 4.81. The quantitative estimate of drug-likeness (QED) is 0.701. The fourth-order valence-electron chi connectivity index (χ4n) is 1.14. The van der Waals surface area contributed by atoms with Crippen molar-refractivity contribution < 1.29 is 19.4 Å². The summed E-state index contributed by atoms with van der Waals surface area (Å²) in [6.45, 7) is 9.28. The van der Waals surface area contributed by atoms with Gasteiger partial charge in [0.1, 0.15) is 5.60 Å². The van der Waals surface area contributed by atoms with E-state index in [2.05, 4.69) is 11.9 Å². The molecular weight excluding hydrogens is 222 g/mol. The Labute approximate surface area is 102 Å². The number of hydrogen-bond acceptors (Lipinski definition) is 3. The van der Waals surface area contributed by atoms with Crippen LogP contribution >= 0.6 is 0 Å². The molecule has 0 aliphatic carbocycles. The molecule has 0 aliphatic heterocycles. The molecule has 0 aromatic carbocycles. The molecule has 0 heterocycles. The molecule has 5 heteroatoms. The molecule has 2 N–H and O–H groups in total. The lowest BCUT2D eigenvalue weighted by molar-refractivity contribution is -0.137. The van der Waals surface area contributed by atoms with Crippen LogP contribution in [0.2, 0.25) is 0 Å². The number of hydrogen-bond donors (Lipinski definition) is 2. The third-order valence-corrected chi connectivity index (χ3v) is 1.97. The smallest absolute Gasteiger partial charge is 0.407 e. The summed E-state index contributed by atoms with van der Waals surface area (Å²) in [5.41, 5.74) is -0.533. The van der Waals surface area contributed by atoms with E-state index in [1.54, 1.807) is 26.8 Å². The number of carbonyl (C=O) groups excluding carboxylic acids is 1. The monoisotopic (exact) mass is 243 g/mol. The molecule has 98 valence electrons. The Kier molecular flexibility index (Phi) is 6.31. The average Bonchev–Trinajstić information content (AvgIpc) is 2.14. The van der Waals surface area contributed by atoms with Crippen LogP contribution in [-0.2, 0) is 9.53 Å². The largest absolute Gasteiger partial charge is 0.481 e. The molecule has 5 nitrogen and oxygen atoms in total. The molecule has 0 fully saturated rings. The van der Waals surface area contributed by atoms with Gasteiger partial charge in [0.05, 0.1) is 0 Å². The number of aliphatic carboxylic acids is 1. The maximum atomic E-state index is 11.3. The van der Waals surface area contributed by atoms with Crippen LogP contribution in [0.15, 0.2) is 12.7 Å². The summed E-state index contributed by atoms with van der Waals surface area (Å²) in [5, 5.41) is 11.1. The highest BCUT2D eigenvalue weighted by Crippen LogP contribution is 2.09. The first-order valence-corrected chi connectivity index (χ1v) is 5.56. The molecule has 0 radical (unpaired) electrons. The molecule has 0 rings (SSSR count). The van der Waals surface area contributed by atoms with Crippen LogP contribution in [0.25, 0.3) is 0 Å². The molecule has 0 aromatic rings. The van der Waals surface area contributed by atoms with Crippen molar-refractivity contribution in [1.29, 1.82) is 0 Å². The van der Waals surface area contributed by atoms with E-state index >= 15 is 0 Å². The molecule has 0 bridgehead atoms. The molecular formula is C12H21NO4. The van der Waals surface area contributed by atoms with Gasteiger partial charge in [0.25, 0.3) is 0 Å². The zero-order chi connectivity index (χ0) is 13.5. The van der Waals surface area contributed by atoms with E-state index in [0.29, 0.717) is 13.0 Å². The third kappa shape index (κ3) is 9.41. The summed E-state index contributed by atoms with van der Waals surface area (Å²) in [6.07, 6.45) is 1.65. The standard InChI is InChI=1S/C12H21NO4/c1-5-9(6-7-10(14)15)8-13-11(16)17-12(2,3)4/h5,9H,1,6-8H2,2-4H3,(H,13,16)(H,14,15). The number of rotatable bonds is 6. The number of carboxylic acid groups (broad SMARTS) is 1. The first-order chi connectivity index (χ1) is 7.74. The second-order valence-electron chi connectivity index (χ2n) is 4.81. The van der Waals surface area contributed by atoms with Crippen molar-refractivity contribution in [1.82, 2.24) is 5.32 Å². The highest BCUT2D eigenvalue weighted by Gasteiger charge is 2.16. The highest BCUT2D eigenvalue weighted by molar-refractivity contribution is 5.68. The Balaban J connectivity index is 3.94. The summed E-state index contributed by atoms with van der Waals surface area (Å²) in [7, 11) is 0. The van der Waals surface area contributed by atoms with Crippen LogP contribution in [0.5, 0.6) is 0 Å². The van der Waals surface area contributed by atoms with E-state index < -0.39 is 17.7 Å². The van der Waals surface area contributed by atoms with E-state index in [0.717, 1.165) is 0 Å². The van der Waals surface area contributed by atoms with Gasteiger partial charge in [-0.25, -0.2) is 4.79 Å². The molecule has 1 atom stereocenters. The van der Waals surface area contributed by atoms with Crippen LogP contribution in [0.1, 0.15) is 33.6 Å². The number of ether oxygens (including phenoxy) is 1. The number of nitrogens with one attached hydrogen (secondary N) is 1. The average molecular weight is 243 g/mol. The van der Waals surface area contributed by atoms with Crippen molar-refractivity contribution in [2.75, 3.05) is 6.54 Å². The Morgan fingerprint density at radius 3 is 2.47 bits per heavy atom. The summed E-state index contributed by atoms with van der Waals surface area (Å²) < 4.78 is 5.06. The maximum Gasteiger partial charge on any atom is 0.407 e. The van der Waals surface area contributed by atoms with Gasteiger partial charge in [-0.1, -0.05) is 6.08 Å². The summed E-state index contributed by atoms with van der Waals surface area (Å²) in [5.74, 6) is -0.910. The molecule has 0 saturated heterocycles. The fraction of sp³-hybridized carbons (Fsp3) is 0.667. The fourth-order valence-corrected chi connectivity index (χ4v) is 1.14. The van der Waals surface area contributed by atoms with Crippen molar-refractivity contribution in [2.24, 2.45) is 5.92 Å². The second kappa shape index (κ2) is 6.93. The lowest BCUT2D eigenvalue weighted by atomic mass is 10.0. The number of carboxylic acids is 1. The minimum atomic E-state index is -0.853. The van der Waals surface area contributed by atoms with E-state index in [1.807, 2.05) is 0 Å². The van der Waals surface area contributed by atoms with Crippen molar-refractivity contribution in [3.8, 4) is 0 Å². The lowest BCUT2D eigenvalue weighted by Gasteiger charge is -2.20. The Bertz CT molecular complexity index is 281. The Morgan fingerprint density at radius 2 is 2.06 bits per heavy atom. The molecule has 0 saturated carbocycles. The zero-order valence-corrected chi connectivity index (χ0v) is 10.7. The Hall–Kier alpha value is -1.52. The molecule has 0 aromatic heterocycles. The SMILES string of the molecule is C=CC(CCC(=O)O)CNC(=O)OC(C)(C)C. The van der Waals surface area contributed by atoms with Gasteiger partial charge in [-0.05, 0) is 33.1 Å². The summed E-state index contributed by atoms with van der Waals surface area (Å²) in [4.78, 5) is 21.7. The minimum Gasteiger partial charge on any atom is -0.481 e.